The lowest BCUT2D eigenvalue weighted by Crippen LogP contribution is -2.35. The van der Waals surface area contributed by atoms with Gasteiger partial charge in [-0.1, -0.05) is 31.4 Å². The molecule has 3 heteroatoms. The summed E-state index contributed by atoms with van der Waals surface area (Å²) >= 11 is 0. The maximum Gasteiger partial charge on any atom is 0.118 e. The van der Waals surface area contributed by atoms with Crippen molar-refractivity contribution in [2.45, 2.75) is 38.1 Å². The quantitative estimate of drug-likeness (QED) is 0.893. The van der Waals surface area contributed by atoms with Crippen LogP contribution in [-0.4, -0.2) is 38.7 Å². The van der Waals surface area contributed by atoms with Gasteiger partial charge in [0, 0.05) is 12.6 Å². The SMILES string of the molecule is CNC(CN1CCCCCCC1)c1ccc(OC)cc1. The van der Waals surface area contributed by atoms with E-state index in [0.29, 0.717) is 6.04 Å². The van der Waals surface area contributed by atoms with E-state index in [4.69, 9.17) is 4.74 Å². The fourth-order valence-electron chi connectivity index (χ4n) is 2.95. The highest BCUT2D eigenvalue weighted by molar-refractivity contribution is 5.29. The number of benzene rings is 1. The molecule has 1 N–H and O–H groups in total. The number of methoxy groups -OCH3 is 1. The molecule has 1 fully saturated rings. The van der Waals surface area contributed by atoms with Gasteiger partial charge >= 0.3 is 0 Å². The molecule has 1 unspecified atom stereocenters. The highest BCUT2D eigenvalue weighted by atomic mass is 16.5. The molecule has 1 aliphatic heterocycles. The monoisotopic (exact) mass is 276 g/mol. The third-order valence-electron chi connectivity index (χ3n) is 4.26. The van der Waals surface area contributed by atoms with Crippen LogP contribution in [0.15, 0.2) is 24.3 Å². The first-order valence-corrected chi connectivity index (χ1v) is 7.87. The summed E-state index contributed by atoms with van der Waals surface area (Å²) in [5, 5.41) is 3.46. The molecule has 0 amide bonds. The van der Waals surface area contributed by atoms with Crippen LogP contribution in [0.3, 0.4) is 0 Å². The van der Waals surface area contributed by atoms with Crippen LogP contribution in [0.5, 0.6) is 5.75 Å². The summed E-state index contributed by atoms with van der Waals surface area (Å²) in [5.41, 5.74) is 1.34. The Morgan fingerprint density at radius 1 is 1.05 bits per heavy atom. The van der Waals surface area contributed by atoms with Crippen LogP contribution >= 0.6 is 0 Å². The molecular formula is C17H28N2O. The molecule has 0 spiro atoms. The summed E-state index contributed by atoms with van der Waals surface area (Å²) in [6, 6.07) is 8.84. The average molecular weight is 276 g/mol. The first-order valence-electron chi connectivity index (χ1n) is 7.87. The second kappa shape index (κ2) is 8.28. The normalized spacial score (nSPS) is 19.1. The highest BCUT2D eigenvalue weighted by Crippen LogP contribution is 2.20. The molecule has 0 bridgehead atoms. The number of likely N-dealkylation sites (tertiary alicyclic amines) is 1. The lowest BCUT2D eigenvalue weighted by Gasteiger charge is -2.29. The predicted octanol–water partition coefficient (Wildman–Crippen LogP) is 3.22. The molecule has 3 nitrogen and oxygen atoms in total. The second-order valence-corrected chi connectivity index (χ2v) is 5.68. The van der Waals surface area contributed by atoms with Gasteiger partial charge in [-0.2, -0.15) is 0 Å². The van der Waals surface area contributed by atoms with Gasteiger partial charge in [0.05, 0.1) is 7.11 Å². The van der Waals surface area contributed by atoms with Gasteiger partial charge in [-0.25, -0.2) is 0 Å². The van der Waals surface area contributed by atoms with E-state index in [1.54, 1.807) is 7.11 Å². The van der Waals surface area contributed by atoms with E-state index < -0.39 is 0 Å². The number of hydrogen-bond acceptors (Lipinski definition) is 3. The molecule has 1 heterocycles. The van der Waals surface area contributed by atoms with Gasteiger partial charge in [0.2, 0.25) is 0 Å². The topological polar surface area (TPSA) is 24.5 Å². The van der Waals surface area contributed by atoms with Gasteiger partial charge < -0.3 is 15.0 Å². The van der Waals surface area contributed by atoms with Gasteiger partial charge in [0.15, 0.2) is 0 Å². The summed E-state index contributed by atoms with van der Waals surface area (Å²) in [5.74, 6) is 0.926. The van der Waals surface area contributed by atoms with E-state index in [-0.39, 0.29) is 0 Å². The van der Waals surface area contributed by atoms with Crippen LogP contribution in [0, 0.1) is 0 Å². The fraction of sp³-hybridized carbons (Fsp3) is 0.647. The highest BCUT2D eigenvalue weighted by Gasteiger charge is 2.15. The fourth-order valence-corrected chi connectivity index (χ4v) is 2.95. The maximum absolute atomic E-state index is 5.23. The number of nitrogens with one attached hydrogen (secondary N) is 1. The Morgan fingerprint density at radius 2 is 1.65 bits per heavy atom. The largest absolute Gasteiger partial charge is 0.497 e. The van der Waals surface area contributed by atoms with Crippen LogP contribution < -0.4 is 10.1 Å². The molecule has 20 heavy (non-hydrogen) atoms. The van der Waals surface area contributed by atoms with E-state index >= 15 is 0 Å². The Kier molecular flexibility index (Phi) is 6.34. The average Bonchev–Trinajstić information content (AvgIpc) is 2.46. The standard InChI is InChI=1S/C17H28N2O/c1-18-17(15-8-10-16(20-2)11-9-15)14-19-12-6-4-3-5-7-13-19/h8-11,17-18H,3-7,12-14H2,1-2H3. The van der Waals surface area contributed by atoms with Crippen molar-refractivity contribution >= 4 is 0 Å². The minimum absolute atomic E-state index is 0.403. The number of hydrogen-bond donors (Lipinski definition) is 1. The zero-order chi connectivity index (χ0) is 14.2. The lowest BCUT2D eigenvalue weighted by molar-refractivity contribution is 0.225. The van der Waals surface area contributed by atoms with E-state index in [9.17, 15) is 0 Å². The van der Waals surface area contributed by atoms with Gasteiger partial charge in [-0.15, -0.1) is 0 Å². The molecule has 0 aromatic heterocycles. The zero-order valence-electron chi connectivity index (χ0n) is 12.9. The molecule has 0 aliphatic carbocycles. The Bertz CT molecular complexity index is 369. The molecule has 1 aromatic rings. The molecule has 1 saturated heterocycles. The molecule has 0 saturated carbocycles. The van der Waals surface area contributed by atoms with Crippen LogP contribution in [0.4, 0.5) is 0 Å². The molecule has 1 atom stereocenters. The molecule has 0 radical (unpaired) electrons. The van der Waals surface area contributed by atoms with E-state index in [2.05, 4.69) is 29.4 Å². The van der Waals surface area contributed by atoms with Crippen LogP contribution in [0.25, 0.3) is 0 Å². The Balaban J connectivity index is 1.95. The second-order valence-electron chi connectivity index (χ2n) is 5.68. The minimum Gasteiger partial charge on any atom is -0.497 e. The molecule has 112 valence electrons. The van der Waals surface area contributed by atoms with E-state index in [1.807, 2.05) is 12.1 Å². The molecule has 1 aliphatic rings. The molecule has 1 aromatic carbocycles. The van der Waals surface area contributed by atoms with Gasteiger partial charge in [-0.05, 0) is 50.7 Å². The Morgan fingerprint density at radius 3 is 2.20 bits per heavy atom. The van der Waals surface area contributed by atoms with Crippen molar-refractivity contribution in [1.29, 1.82) is 0 Å². The third kappa shape index (κ3) is 4.50. The van der Waals surface area contributed by atoms with E-state index in [1.165, 1.54) is 50.8 Å². The van der Waals surface area contributed by atoms with Crippen molar-refractivity contribution < 1.29 is 4.74 Å². The first kappa shape index (κ1) is 15.3. The first-order chi connectivity index (χ1) is 9.83. The smallest absolute Gasteiger partial charge is 0.118 e. The summed E-state index contributed by atoms with van der Waals surface area (Å²) in [4.78, 5) is 2.62. The number of likely N-dealkylation sites (N-methyl/N-ethyl adjacent to an activating group) is 1. The Labute approximate surface area is 123 Å². The van der Waals surface area contributed by atoms with Gasteiger partial charge in [-0.3, -0.25) is 0 Å². The maximum atomic E-state index is 5.23. The summed E-state index contributed by atoms with van der Waals surface area (Å²) < 4.78 is 5.23. The Hall–Kier alpha value is -1.06. The summed E-state index contributed by atoms with van der Waals surface area (Å²) in [6.45, 7) is 3.59. The number of nitrogens with zero attached hydrogens (tertiary/aromatic N) is 1. The van der Waals surface area contributed by atoms with E-state index in [0.717, 1.165) is 12.3 Å². The zero-order valence-corrected chi connectivity index (χ0v) is 12.9. The predicted molar refractivity (Wildman–Crippen MR) is 84.3 cm³/mol. The van der Waals surface area contributed by atoms with Crippen molar-refractivity contribution in [3.8, 4) is 5.75 Å². The van der Waals surface area contributed by atoms with Crippen LogP contribution in [-0.2, 0) is 0 Å². The summed E-state index contributed by atoms with van der Waals surface area (Å²) in [7, 11) is 3.77. The van der Waals surface area contributed by atoms with Crippen LogP contribution in [0.1, 0.15) is 43.7 Å². The van der Waals surface area contributed by atoms with Gasteiger partial charge in [0.1, 0.15) is 5.75 Å². The molecule has 2 rings (SSSR count). The minimum atomic E-state index is 0.403. The molecular weight excluding hydrogens is 248 g/mol. The van der Waals surface area contributed by atoms with Crippen molar-refractivity contribution in [3.05, 3.63) is 29.8 Å². The number of ether oxygens (including phenoxy) is 1. The van der Waals surface area contributed by atoms with Crippen LogP contribution in [0.2, 0.25) is 0 Å². The van der Waals surface area contributed by atoms with Crippen molar-refractivity contribution in [1.82, 2.24) is 10.2 Å². The summed E-state index contributed by atoms with van der Waals surface area (Å²) in [6.07, 6.45) is 6.90. The van der Waals surface area contributed by atoms with Crippen molar-refractivity contribution in [2.75, 3.05) is 33.8 Å². The van der Waals surface area contributed by atoms with Gasteiger partial charge in [0.25, 0.3) is 0 Å². The van der Waals surface area contributed by atoms with Crippen molar-refractivity contribution in [2.24, 2.45) is 0 Å². The van der Waals surface area contributed by atoms with Crippen molar-refractivity contribution in [3.63, 3.8) is 0 Å². The number of rotatable bonds is 5. The lowest BCUT2D eigenvalue weighted by atomic mass is 10.0. The third-order valence-corrected chi connectivity index (χ3v) is 4.26.